The fourth-order valence-electron chi connectivity index (χ4n) is 3.08. The summed E-state index contributed by atoms with van der Waals surface area (Å²) >= 11 is 0. The number of hydrogen-bond donors (Lipinski definition) is 4. The Bertz CT molecular complexity index is 1310. The summed E-state index contributed by atoms with van der Waals surface area (Å²) in [5.41, 5.74) is 6.68. The first kappa shape index (κ1) is 24.2. The molecule has 2 aromatic carbocycles. The van der Waals surface area contributed by atoms with Crippen LogP contribution in [0.4, 0.5) is 17.3 Å². The first-order valence-electron chi connectivity index (χ1n) is 10.5. The third-order valence-electron chi connectivity index (χ3n) is 5.04. The predicted octanol–water partition coefficient (Wildman–Crippen LogP) is 3.11. The number of aromatic nitrogens is 2. The summed E-state index contributed by atoms with van der Waals surface area (Å²) in [4.78, 5) is 54.1. The van der Waals surface area contributed by atoms with Crippen LogP contribution in [0.15, 0.2) is 57.5 Å². The zero-order chi connectivity index (χ0) is 24.8. The molecule has 11 heteroatoms. The van der Waals surface area contributed by atoms with E-state index in [1.807, 2.05) is 0 Å². The van der Waals surface area contributed by atoms with Gasteiger partial charge in [0.05, 0.1) is 22.3 Å². The molecule has 1 amide bonds. The third kappa shape index (κ3) is 6.09. The number of nitrogens with two attached hydrogens (primary N) is 1. The lowest BCUT2D eigenvalue weighted by Gasteiger charge is -2.15. The van der Waals surface area contributed by atoms with Gasteiger partial charge < -0.3 is 16.2 Å². The molecule has 3 rings (SSSR count). The zero-order valence-corrected chi connectivity index (χ0v) is 18.6. The average Bonchev–Trinajstić information content (AvgIpc) is 2.80. The van der Waals surface area contributed by atoms with Crippen LogP contribution >= 0.6 is 0 Å². The molecule has 176 valence electrons. The van der Waals surface area contributed by atoms with Crippen molar-refractivity contribution in [3.63, 3.8) is 0 Å². The highest BCUT2D eigenvalue weighted by molar-refractivity contribution is 5.97. The third-order valence-corrected chi connectivity index (χ3v) is 5.04. The normalized spacial score (nSPS) is 12.2. The molecule has 3 aromatic rings. The standard InChI is InChI=1S/C23H24N6O5/c1-12(2)19(30)10-9-18(22(33)34)25-20(31)13-3-5-14(6-4-13)28-29-15-7-8-17-16(11-15)21(32)27-23(24)26-17/h3-8,11-12,18H,9-10H2,1-2H3,(H,25,31)(H,33,34)(H3,24,26,27,32)/b29-28+. The molecule has 1 atom stereocenters. The Kier molecular flexibility index (Phi) is 7.46. The summed E-state index contributed by atoms with van der Waals surface area (Å²) in [6.45, 7) is 3.48. The van der Waals surface area contributed by atoms with Crippen molar-refractivity contribution < 1.29 is 19.5 Å². The van der Waals surface area contributed by atoms with Crippen molar-refractivity contribution in [3.05, 3.63) is 58.4 Å². The summed E-state index contributed by atoms with van der Waals surface area (Å²) in [6, 6.07) is 9.67. The van der Waals surface area contributed by atoms with E-state index in [1.54, 1.807) is 38.1 Å². The van der Waals surface area contributed by atoms with Crippen molar-refractivity contribution in [1.29, 1.82) is 0 Å². The number of rotatable bonds is 9. The molecule has 0 aliphatic carbocycles. The molecule has 0 radical (unpaired) electrons. The maximum Gasteiger partial charge on any atom is 0.326 e. The number of nitrogens with zero attached hydrogens (tertiary/aromatic N) is 3. The maximum atomic E-state index is 12.4. The number of anilines is 1. The molecular weight excluding hydrogens is 440 g/mol. The largest absolute Gasteiger partial charge is 0.480 e. The van der Waals surface area contributed by atoms with E-state index >= 15 is 0 Å². The van der Waals surface area contributed by atoms with E-state index in [9.17, 15) is 24.3 Å². The number of H-pyrrole nitrogens is 1. The fourth-order valence-corrected chi connectivity index (χ4v) is 3.08. The van der Waals surface area contributed by atoms with Gasteiger partial charge in [-0.05, 0) is 48.9 Å². The van der Waals surface area contributed by atoms with E-state index in [0.29, 0.717) is 22.3 Å². The molecule has 0 aliphatic heterocycles. The molecule has 11 nitrogen and oxygen atoms in total. The number of carboxylic acid groups (broad SMARTS) is 1. The molecule has 0 aliphatic rings. The summed E-state index contributed by atoms with van der Waals surface area (Å²) < 4.78 is 0. The molecule has 0 saturated heterocycles. The van der Waals surface area contributed by atoms with Gasteiger partial charge in [0, 0.05) is 17.9 Å². The summed E-state index contributed by atoms with van der Waals surface area (Å²) in [6.07, 6.45) is 0.0827. The molecule has 1 unspecified atom stereocenters. The van der Waals surface area contributed by atoms with Crippen molar-refractivity contribution >= 4 is 45.9 Å². The molecule has 5 N–H and O–H groups in total. The Labute approximate surface area is 194 Å². The van der Waals surface area contributed by atoms with Gasteiger partial charge in [-0.25, -0.2) is 9.78 Å². The van der Waals surface area contributed by atoms with Gasteiger partial charge in [0.2, 0.25) is 5.95 Å². The highest BCUT2D eigenvalue weighted by Gasteiger charge is 2.22. The van der Waals surface area contributed by atoms with Crippen LogP contribution in [0.3, 0.4) is 0 Å². The minimum absolute atomic E-state index is 0.0150. The minimum Gasteiger partial charge on any atom is -0.480 e. The highest BCUT2D eigenvalue weighted by atomic mass is 16.4. The van der Waals surface area contributed by atoms with E-state index in [2.05, 4.69) is 25.5 Å². The van der Waals surface area contributed by atoms with Crippen LogP contribution in [0.1, 0.15) is 37.0 Å². The number of nitrogen functional groups attached to an aromatic ring is 1. The van der Waals surface area contributed by atoms with Crippen molar-refractivity contribution in [2.75, 3.05) is 5.73 Å². The number of benzene rings is 2. The van der Waals surface area contributed by atoms with Gasteiger partial charge in [-0.3, -0.25) is 19.4 Å². The number of aliphatic carboxylic acids is 1. The monoisotopic (exact) mass is 464 g/mol. The van der Waals surface area contributed by atoms with Crippen LogP contribution in [-0.4, -0.2) is 38.8 Å². The molecule has 0 saturated carbocycles. The number of fused-ring (bicyclic) bond motifs is 1. The van der Waals surface area contributed by atoms with Gasteiger partial charge in [-0.1, -0.05) is 13.8 Å². The average molecular weight is 464 g/mol. The van der Waals surface area contributed by atoms with Gasteiger partial charge in [0.25, 0.3) is 11.5 Å². The lowest BCUT2D eigenvalue weighted by molar-refractivity contribution is -0.139. The second-order valence-electron chi connectivity index (χ2n) is 7.92. The van der Waals surface area contributed by atoms with Gasteiger partial charge >= 0.3 is 5.97 Å². The first-order chi connectivity index (χ1) is 16.1. The summed E-state index contributed by atoms with van der Waals surface area (Å²) in [7, 11) is 0. The Morgan fingerprint density at radius 3 is 2.38 bits per heavy atom. The molecule has 1 aromatic heterocycles. The number of ketones is 1. The van der Waals surface area contributed by atoms with Crippen LogP contribution in [0.5, 0.6) is 0 Å². The van der Waals surface area contributed by atoms with E-state index in [0.717, 1.165) is 0 Å². The Balaban J connectivity index is 1.67. The van der Waals surface area contributed by atoms with Gasteiger partial charge in [-0.15, -0.1) is 0 Å². The maximum absolute atomic E-state index is 12.4. The Morgan fingerprint density at radius 1 is 1.09 bits per heavy atom. The second-order valence-corrected chi connectivity index (χ2v) is 7.92. The topological polar surface area (TPSA) is 180 Å². The number of carbonyl (C=O) groups excluding carboxylic acids is 2. The number of azo groups is 1. The number of amides is 1. The lowest BCUT2D eigenvalue weighted by Crippen LogP contribution is -2.41. The number of nitrogens with one attached hydrogen (secondary N) is 2. The Hall–Kier alpha value is -4.41. The number of Topliss-reactive ketones (excluding diaryl/α,β-unsaturated/α-hetero) is 1. The number of carboxylic acids is 1. The van der Waals surface area contributed by atoms with Crippen LogP contribution < -0.4 is 16.6 Å². The van der Waals surface area contributed by atoms with Crippen molar-refractivity contribution in [2.24, 2.45) is 16.1 Å². The molecule has 0 fully saturated rings. The smallest absolute Gasteiger partial charge is 0.326 e. The number of hydrogen-bond acceptors (Lipinski definition) is 8. The predicted molar refractivity (Wildman–Crippen MR) is 125 cm³/mol. The second kappa shape index (κ2) is 10.5. The molecule has 1 heterocycles. The first-order valence-corrected chi connectivity index (χ1v) is 10.5. The van der Waals surface area contributed by atoms with Gasteiger partial charge in [0.1, 0.15) is 11.8 Å². The van der Waals surface area contributed by atoms with Crippen molar-refractivity contribution in [1.82, 2.24) is 15.3 Å². The lowest BCUT2D eigenvalue weighted by atomic mass is 10.0. The van der Waals surface area contributed by atoms with Crippen LogP contribution in [0, 0.1) is 5.92 Å². The quantitative estimate of drug-likeness (QED) is 0.351. The van der Waals surface area contributed by atoms with Gasteiger partial charge in [-0.2, -0.15) is 10.2 Å². The van der Waals surface area contributed by atoms with Crippen molar-refractivity contribution in [3.8, 4) is 0 Å². The molecule has 0 bridgehead atoms. The number of aromatic amines is 1. The van der Waals surface area contributed by atoms with Crippen LogP contribution in [-0.2, 0) is 9.59 Å². The number of carbonyl (C=O) groups is 3. The van der Waals surface area contributed by atoms with E-state index in [-0.39, 0.29) is 41.6 Å². The van der Waals surface area contributed by atoms with Gasteiger partial charge in [0.15, 0.2) is 0 Å². The van der Waals surface area contributed by atoms with E-state index < -0.39 is 17.9 Å². The SMILES string of the molecule is CC(C)C(=O)CCC(NC(=O)c1ccc(/N=N/c2ccc3nc(N)[nH]c(=O)c3c2)cc1)C(=O)O. The summed E-state index contributed by atoms with van der Waals surface area (Å²) in [5, 5.41) is 20.3. The molecule has 34 heavy (non-hydrogen) atoms. The van der Waals surface area contributed by atoms with E-state index in [1.165, 1.54) is 18.2 Å². The molecular formula is C23H24N6O5. The Morgan fingerprint density at radius 2 is 1.74 bits per heavy atom. The summed E-state index contributed by atoms with van der Waals surface area (Å²) in [5.74, 6) is -2.02. The van der Waals surface area contributed by atoms with E-state index in [4.69, 9.17) is 5.73 Å². The fraction of sp³-hybridized carbons (Fsp3) is 0.261. The van der Waals surface area contributed by atoms with Crippen LogP contribution in [0.25, 0.3) is 10.9 Å². The highest BCUT2D eigenvalue weighted by Crippen LogP contribution is 2.21. The van der Waals surface area contributed by atoms with Crippen molar-refractivity contribution in [2.45, 2.75) is 32.7 Å². The zero-order valence-electron chi connectivity index (χ0n) is 18.6. The molecule has 0 spiro atoms. The van der Waals surface area contributed by atoms with Crippen LogP contribution in [0.2, 0.25) is 0 Å². The minimum atomic E-state index is -1.21.